The van der Waals surface area contributed by atoms with E-state index in [2.05, 4.69) is 4.74 Å². The van der Waals surface area contributed by atoms with Crippen LogP contribution in [-0.4, -0.2) is 53.6 Å². The SMILES string of the molecule is COC(=O)c1ccc(CCCN2C(=O)C(F)(F)CC2/C=C/C(O)CCc2ccccc2)s1. The summed E-state index contributed by atoms with van der Waals surface area (Å²) in [7, 11) is 1.31. The number of likely N-dealkylation sites (tertiary alicyclic amines) is 1. The van der Waals surface area contributed by atoms with Crippen molar-refractivity contribution in [3.8, 4) is 0 Å². The van der Waals surface area contributed by atoms with Gasteiger partial charge in [0.15, 0.2) is 0 Å². The average molecular weight is 464 g/mol. The van der Waals surface area contributed by atoms with Crippen molar-refractivity contribution in [1.29, 1.82) is 0 Å². The van der Waals surface area contributed by atoms with Crippen LogP contribution in [0.4, 0.5) is 8.78 Å². The standard InChI is InChI=1S/C24H27F2NO4S/c1-31-22(29)21-14-13-20(32-21)8-5-15-27-18(16-24(25,26)23(27)30)10-12-19(28)11-9-17-6-3-2-4-7-17/h2-4,6-7,10,12-14,18-19,28H,5,8-9,11,15-16H2,1H3/b12-10+. The predicted octanol–water partition coefficient (Wildman–Crippen LogP) is 4.25. The summed E-state index contributed by atoms with van der Waals surface area (Å²) in [4.78, 5) is 26.3. The van der Waals surface area contributed by atoms with Crippen molar-refractivity contribution in [2.75, 3.05) is 13.7 Å². The predicted molar refractivity (Wildman–Crippen MR) is 119 cm³/mol. The molecular weight excluding hydrogens is 436 g/mol. The number of aliphatic hydroxyl groups excluding tert-OH is 1. The summed E-state index contributed by atoms with van der Waals surface area (Å²) in [6.45, 7) is 0.176. The van der Waals surface area contributed by atoms with Gasteiger partial charge in [0.1, 0.15) is 4.88 Å². The van der Waals surface area contributed by atoms with E-state index >= 15 is 0 Å². The van der Waals surface area contributed by atoms with Crippen molar-refractivity contribution in [3.05, 3.63) is 69.9 Å². The maximum absolute atomic E-state index is 14.1. The zero-order chi connectivity index (χ0) is 23.1. The van der Waals surface area contributed by atoms with Crippen LogP contribution < -0.4 is 0 Å². The second-order valence-corrected chi connectivity index (χ2v) is 8.98. The minimum absolute atomic E-state index is 0.176. The topological polar surface area (TPSA) is 66.8 Å². The molecule has 0 spiro atoms. The number of carbonyl (C=O) groups is 2. The molecule has 1 saturated heterocycles. The number of methoxy groups -OCH3 is 1. The zero-order valence-corrected chi connectivity index (χ0v) is 18.7. The van der Waals surface area contributed by atoms with Gasteiger partial charge in [0.2, 0.25) is 0 Å². The van der Waals surface area contributed by atoms with Gasteiger partial charge in [-0.15, -0.1) is 11.3 Å². The monoisotopic (exact) mass is 463 g/mol. The molecule has 0 aliphatic carbocycles. The minimum Gasteiger partial charge on any atom is -0.465 e. The van der Waals surface area contributed by atoms with E-state index in [0.717, 1.165) is 10.4 Å². The van der Waals surface area contributed by atoms with E-state index in [9.17, 15) is 23.5 Å². The van der Waals surface area contributed by atoms with Gasteiger partial charge in [0.05, 0.1) is 19.3 Å². The van der Waals surface area contributed by atoms with Gasteiger partial charge in [-0.2, -0.15) is 8.78 Å². The van der Waals surface area contributed by atoms with E-state index in [0.29, 0.717) is 30.6 Å². The van der Waals surface area contributed by atoms with E-state index in [4.69, 9.17) is 0 Å². The zero-order valence-electron chi connectivity index (χ0n) is 17.9. The lowest BCUT2D eigenvalue weighted by molar-refractivity contribution is -0.148. The summed E-state index contributed by atoms with van der Waals surface area (Å²) in [6.07, 6.45) is 3.87. The molecule has 172 valence electrons. The number of ether oxygens (including phenoxy) is 1. The van der Waals surface area contributed by atoms with E-state index in [1.165, 1.54) is 35.5 Å². The van der Waals surface area contributed by atoms with Crippen molar-refractivity contribution < 1.29 is 28.2 Å². The number of esters is 1. The molecule has 0 bridgehead atoms. The number of amides is 1. The van der Waals surface area contributed by atoms with Crippen molar-refractivity contribution in [3.63, 3.8) is 0 Å². The Morgan fingerprint density at radius 2 is 2.03 bits per heavy atom. The number of rotatable bonds is 10. The van der Waals surface area contributed by atoms with E-state index in [-0.39, 0.29) is 6.54 Å². The molecule has 1 aliphatic heterocycles. The molecule has 1 N–H and O–H groups in total. The summed E-state index contributed by atoms with van der Waals surface area (Å²) < 4.78 is 32.8. The molecule has 1 amide bonds. The lowest BCUT2D eigenvalue weighted by Gasteiger charge is -2.22. The lowest BCUT2D eigenvalue weighted by atomic mass is 10.1. The van der Waals surface area contributed by atoms with Crippen molar-refractivity contribution in [2.24, 2.45) is 0 Å². The number of benzene rings is 1. The second-order valence-electron chi connectivity index (χ2n) is 7.81. The first-order valence-electron chi connectivity index (χ1n) is 10.6. The molecule has 0 saturated carbocycles. The van der Waals surface area contributed by atoms with E-state index in [1.807, 2.05) is 30.3 Å². The number of alkyl halides is 2. The molecule has 0 radical (unpaired) electrons. The molecule has 1 aliphatic rings. The molecule has 8 heteroatoms. The number of nitrogens with zero attached hydrogens (tertiary/aromatic N) is 1. The third-order valence-electron chi connectivity index (χ3n) is 5.44. The Morgan fingerprint density at radius 3 is 2.75 bits per heavy atom. The first-order chi connectivity index (χ1) is 15.3. The number of halogens is 2. The number of aryl methyl sites for hydroxylation is 2. The molecule has 1 aromatic heterocycles. The highest BCUT2D eigenvalue weighted by Gasteiger charge is 2.52. The number of hydrogen-bond acceptors (Lipinski definition) is 5. The van der Waals surface area contributed by atoms with Crippen LogP contribution in [0.3, 0.4) is 0 Å². The van der Waals surface area contributed by atoms with Crippen molar-refractivity contribution >= 4 is 23.2 Å². The highest BCUT2D eigenvalue weighted by atomic mass is 32.1. The molecule has 2 atom stereocenters. The maximum atomic E-state index is 14.1. The molecule has 32 heavy (non-hydrogen) atoms. The largest absolute Gasteiger partial charge is 0.465 e. The fourth-order valence-electron chi connectivity index (χ4n) is 3.72. The average Bonchev–Trinajstić information content (AvgIpc) is 3.34. The van der Waals surface area contributed by atoms with Gasteiger partial charge in [-0.1, -0.05) is 42.5 Å². The first kappa shape index (κ1) is 24.1. The van der Waals surface area contributed by atoms with Crippen LogP contribution in [-0.2, 0) is 22.4 Å². The number of hydrogen-bond donors (Lipinski definition) is 1. The van der Waals surface area contributed by atoms with Gasteiger partial charge < -0.3 is 14.7 Å². The Morgan fingerprint density at radius 1 is 1.28 bits per heavy atom. The molecule has 5 nitrogen and oxygen atoms in total. The van der Waals surface area contributed by atoms with Crippen LogP contribution >= 0.6 is 11.3 Å². The third kappa shape index (κ3) is 6.23. The van der Waals surface area contributed by atoms with Crippen LogP contribution in [0.1, 0.15) is 39.4 Å². The van der Waals surface area contributed by atoms with E-state index < -0.39 is 36.4 Å². The van der Waals surface area contributed by atoms with Crippen molar-refractivity contribution in [2.45, 2.75) is 50.2 Å². The Kier molecular flexibility index (Phi) is 8.15. The number of thiophene rings is 1. The third-order valence-corrected chi connectivity index (χ3v) is 6.56. The van der Waals surface area contributed by atoms with Crippen molar-refractivity contribution in [1.82, 2.24) is 4.90 Å². The molecule has 1 fully saturated rings. The van der Waals surface area contributed by atoms with Crippen LogP contribution in [0.25, 0.3) is 0 Å². The van der Waals surface area contributed by atoms with Crippen LogP contribution in [0.2, 0.25) is 0 Å². The summed E-state index contributed by atoms with van der Waals surface area (Å²) >= 11 is 1.29. The lowest BCUT2D eigenvalue weighted by Crippen LogP contribution is -2.36. The van der Waals surface area contributed by atoms with Gasteiger partial charge in [-0.3, -0.25) is 4.79 Å². The Bertz CT molecular complexity index is 944. The fourth-order valence-corrected chi connectivity index (χ4v) is 4.69. The summed E-state index contributed by atoms with van der Waals surface area (Å²) in [5.41, 5.74) is 1.09. The molecular formula is C24H27F2NO4S. The normalized spacial score (nSPS) is 18.9. The van der Waals surface area contributed by atoms with Gasteiger partial charge in [0.25, 0.3) is 5.91 Å². The molecule has 1 aromatic carbocycles. The maximum Gasteiger partial charge on any atom is 0.348 e. The van der Waals surface area contributed by atoms with Gasteiger partial charge in [0, 0.05) is 17.8 Å². The first-order valence-corrected chi connectivity index (χ1v) is 11.4. The van der Waals surface area contributed by atoms with Crippen LogP contribution in [0.15, 0.2) is 54.6 Å². The Labute approximate surface area is 190 Å². The minimum atomic E-state index is -3.40. The van der Waals surface area contributed by atoms with Crippen LogP contribution in [0.5, 0.6) is 0 Å². The van der Waals surface area contributed by atoms with Gasteiger partial charge in [-0.05, 0) is 43.4 Å². The Balaban J connectivity index is 1.54. The molecule has 2 unspecified atom stereocenters. The van der Waals surface area contributed by atoms with Gasteiger partial charge in [-0.25, -0.2) is 4.79 Å². The highest BCUT2D eigenvalue weighted by molar-refractivity contribution is 7.13. The molecule has 3 rings (SSSR count). The van der Waals surface area contributed by atoms with Crippen LogP contribution in [0, 0.1) is 0 Å². The highest BCUT2D eigenvalue weighted by Crippen LogP contribution is 2.34. The fraction of sp³-hybridized carbons (Fsp3) is 0.417. The quantitative estimate of drug-likeness (QED) is 0.423. The van der Waals surface area contributed by atoms with E-state index in [1.54, 1.807) is 12.1 Å². The number of carbonyl (C=O) groups excluding carboxylic acids is 2. The summed E-state index contributed by atoms with van der Waals surface area (Å²) in [5.74, 6) is -4.98. The summed E-state index contributed by atoms with van der Waals surface area (Å²) in [5, 5.41) is 10.2. The summed E-state index contributed by atoms with van der Waals surface area (Å²) in [6, 6.07) is 12.4. The smallest absolute Gasteiger partial charge is 0.348 e. The Hall–Kier alpha value is -2.58. The molecule has 2 heterocycles. The van der Waals surface area contributed by atoms with Gasteiger partial charge >= 0.3 is 11.9 Å². The molecule has 2 aromatic rings. The second kappa shape index (κ2) is 10.8. The number of aliphatic hydroxyl groups is 1.